The Morgan fingerprint density at radius 3 is 2.95 bits per heavy atom. The van der Waals surface area contributed by atoms with Gasteiger partial charge in [0.05, 0.1) is 10.8 Å². The van der Waals surface area contributed by atoms with Crippen LogP contribution in [0.25, 0.3) is 0 Å². The van der Waals surface area contributed by atoms with E-state index in [-0.39, 0.29) is 22.6 Å². The van der Waals surface area contributed by atoms with Gasteiger partial charge in [-0.1, -0.05) is 11.6 Å². The molecule has 0 radical (unpaired) electrons. The number of nitrogens with zero attached hydrogens (tertiary/aromatic N) is 3. The van der Waals surface area contributed by atoms with Gasteiger partial charge in [-0.25, -0.2) is 4.98 Å². The van der Waals surface area contributed by atoms with E-state index in [4.69, 9.17) is 17.3 Å². The van der Waals surface area contributed by atoms with Gasteiger partial charge in [0.25, 0.3) is 0 Å². The minimum absolute atomic E-state index is 0.116. The maximum Gasteiger partial charge on any atom is 0.311 e. The van der Waals surface area contributed by atoms with Crippen molar-refractivity contribution in [1.82, 2.24) is 4.98 Å². The van der Waals surface area contributed by atoms with E-state index in [0.29, 0.717) is 19.5 Å². The van der Waals surface area contributed by atoms with Gasteiger partial charge in [-0.2, -0.15) is 0 Å². The first kappa shape index (κ1) is 13.5. The molecule has 1 fully saturated rings. The lowest BCUT2D eigenvalue weighted by molar-refractivity contribution is -0.384. The SMILES string of the molecule is NC(=O)C1CCCN(c2nc(Cl)ccc2[N+](=O)[O-])C1. The van der Waals surface area contributed by atoms with Crippen molar-refractivity contribution in [2.24, 2.45) is 11.7 Å². The molecule has 1 amide bonds. The highest BCUT2D eigenvalue weighted by Crippen LogP contribution is 2.30. The van der Waals surface area contributed by atoms with E-state index in [2.05, 4.69) is 4.98 Å². The van der Waals surface area contributed by atoms with E-state index in [1.807, 2.05) is 0 Å². The zero-order chi connectivity index (χ0) is 14.0. The quantitative estimate of drug-likeness (QED) is 0.513. The third kappa shape index (κ3) is 2.93. The Hall–Kier alpha value is -1.89. The molecule has 19 heavy (non-hydrogen) atoms. The summed E-state index contributed by atoms with van der Waals surface area (Å²) in [6.07, 6.45) is 1.43. The number of hydrogen-bond donors (Lipinski definition) is 1. The van der Waals surface area contributed by atoms with E-state index in [1.165, 1.54) is 12.1 Å². The summed E-state index contributed by atoms with van der Waals surface area (Å²) in [4.78, 5) is 27.4. The van der Waals surface area contributed by atoms with Crippen molar-refractivity contribution in [2.45, 2.75) is 12.8 Å². The summed E-state index contributed by atoms with van der Waals surface area (Å²) in [5, 5.41) is 11.2. The number of nitro groups is 1. The largest absolute Gasteiger partial charge is 0.369 e. The topological polar surface area (TPSA) is 102 Å². The summed E-state index contributed by atoms with van der Waals surface area (Å²) in [6.45, 7) is 0.932. The average molecular weight is 285 g/mol. The highest BCUT2D eigenvalue weighted by Gasteiger charge is 2.29. The molecule has 1 aliphatic heterocycles. The monoisotopic (exact) mass is 284 g/mol. The van der Waals surface area contributed by atoms with Crippen LogP contribution >= 0.6 is 11.6 Å². The number of rotatable bonds is 3. The van der Waals surface area contributed by atoms with Crippen LogP contribution in [0.1, 0.15) is 12.8 Å². The molecule has 2 N–H and O–H groups in total. The Balaban J connectivity index is 2.32. The zero-order valence-electron chi connectivity index (χ0n) is 10.1. The molecule has 0 spiro atoms. The van der Waals surface area contributed by atoms with Gasteiger partial charge in [0, 0.05) is 19.2 Å². The lowest BCUT2D eigenvalue weighted by Gasteiger charge is -2.31. The van der Waals surface area contributed by atoms with Crippen molar-refractivity contribution in [3.8, 4) is 0 Å². The number of nitrogens with two attached hydrogens (primary N) is 1. The van der Waals surface area contributed by atoms with E-state index in [1.54, 1.807) is 4.90 Å². The molecule has 0 saturated carbocycles. The number of halogens is 1. The van der Waals surface area contributed by atoms with Crippen molar-refractivity contribution in [2.75, 3.05) is 18.0 Å². The summed E-state index contributed by atoms with van der Waals surface area (Å²) in [6, 6.07) is 2.69. The van der Waals surface area contributed by atoms with Gasteiger partial charge >= 0.3 is 5.69 Å². The Kier molecular flexibility index (Phi) is 3.84. The predicted molar refractivity (Wildman–Crippen MR) is 70.0 cm³/mol. The molecule has 2 rings (SSSR count). The van der Waals surface area contributed by atoms with Crippen LogP contribution in [0, 0.1) is 16.0 Å². The molecule has 1 atom stereocenters. The molecular formula is C11H13ClN4O3. The normalized spacial score (nSPS) is 19.2. The third-order valence-electron chi connectivity index (χ3n) is 3.14. The number of hydrogen-bond acceptors (Lipinski definition) is 5. The number of carbonyl (C=O) groups excluding carboxylic acids is 1. The summed E-state index contributed by atoms with van der Waals surface area (Å²) in [5.74, 6) is -0.507. The highest BCUT2D eigenvalue weighted by molar-refractivity contribution is 6.29. The Morgan fingerprint density at radius 2 is 2.32 bits per heavy atom. The summed E-state index contributed by atoms with van der Waals surface area (Å²) < 4.78 is 0. The third-order valence-corrected chi connectivity index (χ3v) is 3.35. The van der Waals surface area contributed by atoms with Crippen LogP contribution in [0.2, 0.25) is 5.15 Å². The van der Waals surface area contributed by atoms with Gasteiger partial charge in [-0.3, -0.25) is 14.9 Å². The second-order valence-corrected chi connectivity index (χ2v) is 4.81. The highest BCUT2D eigenvalue weighted by atomic mass is 35.5. The second kappa shape index (κ2) is 5.40. The van der Waals surface area contributed by atoms with Crippen molar-refractivity contribution in [3.63, 3.8) is 0 Å². The van der Waals surface area contributed by atoms with Crippen LogP contribution in [0.15, 0.2) is 12.1 Å². The molecule has 0 aromatic carbocycles. The van der Waals surface area contributed by atoms with Crippen LogP contribution in [0.5, 0.6) is 0 Å². The minimum atomic E-state index is -0.507. The number of primary amides is 1. The van der Waals surface area contributed by atoms with Crippen LogP contribution in [-0.4, -0.2) is 28.9 Å². The van der Waals surface area contributed by atoms with Gasteiger partial charge in [-0.15, -0.1) is 0 Å². The van der Waals surface area contributed by atoms with E-state index in [0.717, 1.165) is 6.42 Å². The molecule has 7 nitrogen and oxygen atoms in total. The lowest BCUT2D eigenvalue weighted by Crippen LogP contribution is -2.41. The number of aromatic nitrogens is 1. The molecule has 1 unspecified atom stereocenters. The van der Waals surface area contributed by atoms with E-state index < -0.39 is 10.8 Å². The van der Waals surface area contributed by atoms with E-state index >= 15 is 0 Å². The number of piperidine rings is 1. The first-order valence-corrected chi connectivity index (χ1v) is 6.22. The number of anilines is 1. The number of pyridine rings is 1. The maximum absolute atomic E-state index is 11.2. The van der Waals surface area contributed by atoms with Gasteiger partial charge in [0.2, 0.25) is 11.7 Å². The van der Waals surface area contributed by atoms with Crippen molar-refractivity contribution < 1.29 is 9.72 Å². The molecule has 0 aliphatic carbocycles. The smallest absolute Gasteiger partial charge is 0.311 e. The number of amides is 1. The average Bonchev–Trinajstić information content (AvgIpc) is 2.38. The predicted octanol–water partition coefficient (Wildman–Crippen LogP) is 1.34. The van der Waals surface area contributed by atoms with Gasteiger partial charge in [0.1, 0.15) is 5.15 Å². The summed E-state index contributed by atoms with van der Waals surface area (Å²) in [5.41, 5.74) is 5.17. The molecule has 1 aromatic rings. The molecule has 1 aromatic heterocycles. The zero-order valence-corrected chi connectivity index (χ0v) is 10.8. The molecule has 1 aliphatic rings. The van der Waals surface area contributed by atoms with Crippen molar-refractivity contribution in [1.29, 1.82) is 0 Å². The molecule has 102 valence electrons. The summed E-state index contributed by atoms with van der Waals surface area (Å²) >= 11 is 5.79. The lowest BCUT2D eigenvalue weighted by atomic mass is 9.97. The first-order chi connectivity index (χ1) is 8.99. The maximum atomic E-state index is 11.2. The molecule has 0 bridgehead atoms. The Morgan fingerprint density at radius 1 is 1.58 bits per heavy atom. The van der Waals surface area contributed by atoms with Crippen LogP contribution in [0.4, 0.5) is 11.5 Å². The fourth-order valence-electron chi connectivity index (χ4n) is 2.19. The first-order valence-electron chi connectivity index (χ1n) is 5.84. The van der Waals surface area contributed by atoms with Crippen molar-refractivity contribution in [3.05, 3.63) is 27.4 Å². The fourth-order valence-corrected chi connectivity index (χ4v) is 2.34. The second-order valence-electron chi connectivity index (χ2n) is 4.42. The van der Waals surface area contributed by atoms with Crippen molar-refractivity contribution >= 4 is 29.0 Å². The molecule has 1 saturated heterocycles. The standard InChI is InChI=1S/C11H13ClN4O3/c12-9-4-3-8(16(18)19)11(14-9)15-5-1-2-7(6-15)10(13)17/h3-4,7H,1-2,5-6H2,(H2,13,17). The molecule has 2 heterocycles. The Bertz CT molecular complexity index is 523. The van der Waals surface area contributed by atoms with Crippen LogP contribution in [0.3, 0.4) is 0 Å². The van der Waals surface area contributed by atoms with Gasteiger partial charge in [0.15, 0.2) is 0 Å². The molecular weight excluding hydrogens is 272 g/mol. The van der Waals surface area contributed by atoms with Gasteiger partial charge in [-0.05, 0) is 18.9 Å². The number of carbonyl (C=O) groups is 1. The summed E-state index contributed by atoms with van der Waals surface area (Å²) in [7, 11) is 0. The molecule has 8 heteroatoms. The van der Waals surface area contributed by atoms with E-state index in [9.17, 15) is 14.9 Å². The Labute approximate surface area is 114 Å². The van der Waals surface area contributed by atoms with Crippen LogP contribution < -0.4 is 10.6 Å². The van der Waals surface area contributed by atoms with Gasteiger partial charge < -0.3 is 10.6 Å². The fraction of sp³-hybridized carbons (Fsp3) is 0.455. The van der Waals surface area contributed by atoms with Crippen LogP contribution in [-0.2, 0) is 4.79 Å². The minimum Gasteiger partial charge on any atom is -0.369 e.